The van der Waals surface area contributed by atoms with Gasteiger partial charge in [-0.25, -0.2) is 13.8 Å². The van der Waals surface area contributed by atoms with Crippen molar-refractivity contribution < 1.29 is 8.78 Å². The molecule has 0 amide bonds. The van der Waals surface area contributed by atoms with Crippen molar-refractivity contribution in [2.75, 3.05) is 5.32 Å². The highest BCUT2D eigenvalue weighted by atomic mass is 35.5. The van der Waals surface area contributed by atoms with Crippen molar-refractivity contribution in [3.05, 3.63) is 82.9 Å². The summed E-state index contributed by atoms with van der Waals surface area (Å²) in [5.41, 5.74) is 3.23. The Morgan fingerprint density at radius 2 is 1.86 bits per heavy atom. The molecule has 29 heavy (non-hydrogen) atoms. The van der Waals surface area contributed by atoms with Gasteiger partial charge in [0.25, 0.3) is 0 Å². The van der Waals surface area contributed by atoms with Gasteiger partial charge in [-0.1, -0.05) is 47.2 Å². The van der Waals surface area contributed by atoms with Crippen LogP contribution in [0.25, 0.3) is 26.4 Å². The first kappa shape index (κ1) is 18.1. The van der Waals surface area contributed by atoms with Crippen molar-refractivity contribution in [3.63, 3.8) is 0 Å². The van der Waals surface area contributed by atoms with E-state index in [1.165, 1.54) is 23.5 Å². The lowest BCUT2D eigenvalue weighted by Crippen LogP contribution is -2.00. The number of anilines is 2. The Labute approximate surface area is 174 Å². The monoisotopic (exact) mass is 425 g/mol. The Kier molecular flexibility index (Phi) is 4.26. The van der Waals surface area contributed by atoms with Crippen LogP contribution in [0.15, 0.2) is 60.7 Å². The first-order valence-corrected chi connectivity index (χ1v) is 10.1. The number of benzene rings is 3. The first-order valence-electron chi connectivity index (χ1n) is 8.90. The Balaban J connectivity index is 1.82. The number of aromatic nitrogens is 2. The van der Waals surface area contributed by atoms with Gasteiger partial charge in [-0.3, -0.25) is 4.40 Å². The van der Waals surface area contributed by atoms with Crippen molar-refractivity contribution >= 4 is 49.6 Å². The Hall–Kier alpha value is -2.96. The second-order valence-corrected chi connectivity index (χ2v) is 8.09. The molecule has 0 atom stereocenters. The molecule has 3 aromatic carbocycles. The van der Waals surface area contributed by atoms with Gasteiger partial charge in [0.2, 0.25) is 0 Å². The molecule has 0 saturated heterocycles. The number of hydrogen-bond acceptors (Lipinski definition) is 3. The van der Waals surface area contributed by atoms with Gasteiger partial charge < -0.3 is 5.32 Å². The quantitative estimate of drug-likeness (QED) is 0.331. The second kappa shape index (κ2) is 6.83. The van der Waals surface area contributed by atoms with Crippen LogP contribution in [0.3, 0.4) is 0 Å². The molecule has 0 aliphatic heterocycles. The summed E-state index contributed by atoms with van der Waals surface area (Å²) in [6, 6.07) is 17.0. The molecule has 0 spiro atoms. The summed E-state index contributed by atoms with van der Waals surface area (Å²) in [5.74, 6) is -0.715. The lowest BCUT2D eigenvalue weighted by molar-refractivity contribution is 0.585. The lowest BCUT2D eigenvalue weighted by atomic mass is 10.1. The topological polar surface area (TPSA) is 29.3 Å². The zero-order valence-electron chi connectivity index (χ0n) is 15.2. The van der Waals surface area contributed by atoms with Crippen LogP contribution in [0.4, 0.5) is 20.3 Å². The molecule has 3 nitrogen and oxygen atoms in total. The van der Waals surface area contributed by atoms with Gasteiger partial charge in [0.1, 0.15) is 23.1 Å². The predicted octanol–water partition coefficient (Wildman–Crippen LogP) is 7.20. The Bertz CT molecular complexity index is 1370. The van der Waals surface area contributed by atoms with E-state index < -0.39 is 11.6 Å². The van der Waals surface area contributed by atoms with E-state index >= 15 is 0 Å². The van der Waals surface area contributed by atoms with Crippen LogP contribution in [0.1, 0.15) is 5.56 Å². The zero-order chi connectivity index (χ0) is 20.1. The third-order valence-electron chi connectivity index (χ3n) is 4.81. The summed E-state index contributed by atoms with van der Waals surface area (Å²) >= 11 is 7.93. The molecular weight excluding hydrogens is 412 g/mol. The Morgan fingerprint density at radius 3 is 2.66 bits per heavy atom. The third-order valence-corrected chi connectivity index (χ3v) is 6.14. The summed E-state index contributed by atoms with van der Waals surface area (Å²) in [7, 11) is 0. The lowest BCUT2D eigenvalue weighted by Gasteiger charge is -2.13. The van der Waals surface area contributed by atoms with Crippen LogP contribution >= 0.6 is 22.9 Å². The van der Waals surface area contributed by atoms with E-state index in [1.54, 1.807) is 6.07 Å². The van der Waals surface area contributed by atoms with Crippen LogP contribution in [0.2, 0.25) is 5.02 Å². The Morgan fingerprint density at radius 1 is 1.03 bits per heavy atom. The maximum absolute atomic E-state index is 14.6. The van der Waals surface area contributed by atoms with Crippen LogP contribution in [-0.4, -0.2) is 9.38 Å². The van der Waals surface area contributed by atoms with Gasteiger partial charge in [-0.05, 0) is 42.8 Å². The fraction of sp³-hybridized carbons (Fsp3) is 0.0455. The van der Waals surface area contributed by atoms with E-state index in [9.17, 15) is 8.78 Å². The molecule has 0 fully saturated rings. The predicted molar refractivity (Wildman–Crippen MR) is 115 cm³/mol. The number of thiazole rings is 1. The minimum atomic E-state index is -0.668. The smallest absolute Gasteiger partial charge is 0.197 e. The van der Waals surface area contributed by atoms with E-state index in [-0.39, 0.29) is 5.56 Å². The van der Waals surface area contributed by atoms with E-state index in [2.05, 4.69) is 10.3 Å². The van der Waals surface area contributed by atoms with E-state index in [0.717, 1.165) is 27.5 Å². The van der Waals surface area contributed by atoms with E-state index in [1.807, 2.05) is 47.7 Å². The number of imidazole rings is 1. The van der Waals surface area contributed by atoms with Crippen molar-refractivity contribution in [1.29, 1.82) is 0 Å². The molecule has 0 saturated carbocycles. The normalized spacial score (nSPS) is 11.4. The van der Waals surface area contributed by atoms with Crippen LogP contribution in [0, 0.1) is 18.6 Å². The molecule has 2 aromatic heterocycles. The van der Waals surface area contributed by atoms with Crippen molar-refractivity contribution in [3.8, 4) is 11.3 Å². The molecule has 5 aromatic rings. The first-order chi connectivity index (χ1) is 14.0. The maximum atomic E-state index is 14.6. The van der Waals surface area contributed by atoms with Crippen LogP contribution in [-0.2, 0) is 0 Å². The summed E-state index contributed by atoms with van der Waals surface area (Å²) in [6.07, 6.45) is 0. The molecule has 0 radical (unpaired) electrons. The number of hydrogen-bond donors (Lipinski definition) is 1. The number of aryl methyl sites for hydroxylation is 1. The molecule has 5 rings (SSSR count). The number of rotatable bonds is 3. The molecule has 0 aliphatic rings. The minimum absolute atomic E-state index is 0.221. The van der Waals surface area contributed by atoms with Gasteiger partial charge in [-0.2, -0.15) is 0 Å². The molecule has 144 valence electrons. The number of fused-ring (bicyclic) bond motifs is 3. The fourth-order valence-electron chi connectivity index (χ4n) is 3.41. The summed E-state index contributed by atoms with van der Waals surface area (Å²) in [5, 5.41) is 3.91. The molecule has 0 bridgehead atoms. The van der Waals surface area contributed by atoms with E-state index in [0.29, 0.717) is 21.5 Å². The maximum Gasteiger partial charge on any atom is 0.197 e. The molecular formula is C22H14ClF2N3S. The standard InChI is InChI=1S/C22H14ClF2N3S/c1-12-5-4-6-15(23)19(12)26-21-20(14-10-9-13(24)11-16(14)25)27-22-28(21)17-7-2-3-8-18(17)29-22/h2-11,26H,1H3. The minimum Gasteiger partial charge on any atom is -0.338 e. The average Bonchev–Trinajstić information content (AvgIpc) is 3.21. The van der Waals surface area contributed by atoms with Gasteiger partial charge >= 0.3 is 0 Å². The second-order valence-electron chi connectivity index (χ2n) is 6.68. The van der Waals surface area contributed by atoms with Crippen molar-refractivity contribution in [2.45, 2.75) is 6.92 Å². The van der Waals surface area contributed by atoms with Gasteiger partial charge in [0.15, 0.2) is 4.96 Å². The summed E-state index contributed by atoms with van der Waals surface area (Å²) < 4.78 is 31.1. The highest BCUT2D eigenvalue weighted by Gasteiger charge is 2.22. The third kappa shape index (κ3) is 2.96. The molecule has 2 heterocycles. The number of nitrogens with zero attached hydrogens (tertiary/aromatic N) is 2. The average molecular weight is 426 g/mol. The highest BCUT2D eigenvalue weighted by Crippen LogP contribution is 2.40. The van der Waals surface area contributed by atoms with Crippen molar-refractivity contribution in [2.24, 2.45) is 0 Å². The zero-order valence-corrected chi connectivity index (χ0v) is 16.8. The molecule has 1 N–H and O–H groups in total. The van der Waals surface area contributed by atoms with Crippen LogP contribution in [0.5, 0.6) is 0 Å². The van der Waals surface area contributed by atoms with Crippen LogP contribution < -0.4 is 5.32 Å². The molecule has 0 aliphatic carbocycles. The summed E-state index contributed by atoms with van der Waals surface area (Å²) in [4.78, 5) is 5.39. The molecule has 0 unspecified atom stereocenters. The van der Waals surface area contributed by atoms with Gasteiger partial charge in [0, 0.05) is 11.6 Å². The summed E-state index contributed by atoms with van der Waals surface area (Å²) in [6.45, 7) is 1.94. The fourth-order valence-corrected chi connectivity index (χ4v) is 4.71. The number of nitrogens with one attached hydrogen (secondary N) is 1. The number of para-hydroxylation sites is 2. The van der Waals surface area contributed by atoms with Gasteiger partial charge in [-0.15, -0.1) is 0 Å². The largest absolute Gasteiger partial charge is 0.338 e. The number of halogens is 3. The van der Waals surface area contributed by atoms with E-state index in [4.69, 9.17) is 11.6 Å². The van der Waals surface area contributed by atoms with Gasteiger partial charge in [0.05, 0.1) is 20.9 Å². The highest BCUT2D eigenvalue weighted by molar-refractivity contribution is 7.23. The SMILES string of the molecule is Cc1cccc(Cl)c1Nc1c(-c2ccc(F)cc2F)nc2sc3ccccc3n12. The molecule has 7 heteroatoms. The van der Waals surface area contributed by atoms with Crippen molar-refractivity contribution in [1.82, 2.24) is 9.38 Å².